The lowest BCUT2D eigenvalue weighted by Gasteiger charge is -2.03. The summed E-state index contributed by atoms with van der Waals surface area (Å²) in [7, 11) is -3.28. The molecule has 24 heavy (non-hydrogen) atoms. The lowest BCUT2D eigenvalue weighted by Crippen LogP contribution is -2.11. The third-order valence-electron chi connectivity index (χ3n) is 3.43. The number of sulfone groups is 1. The Hall–Kier alpha value is -2.06. The van der Waals surface area contributed by atoms with E-state index in [9.17, 15) is 8.42 Å². The minimum atomic E-state index is -3.28. The molecule has 8 heteroatoms. The molecule has 1 aromatic heterocycles. The van der Waals surface area contributed by atoms with Gasteiger partial charge in [-0.1, -0.05) is 34.1 Å². The Labute approximate surface area is 148 Å². The first-order valence-corrected chi connectivity index (χ1v) is 9.81. The Morgan fingerprint density at radius 3 is 2.42 bits per heavy atom. The highest BCUT2D eigenvalue weighted by Crippen LogP contribution is 2.17. The Morgan fingerprint density at radius 1 is 1.00 bits per heavy atom. The zero-order valence-corrected chi connectivity index (χ0v) is 15.1. The van der Waals surface area contributed by atoms with Gasteiger partial charge in [0.1, 0.15) is 0 Å². The minimum absolute atomic E-state index is 0.0478. The van der Waals surface area contributed by atoms with Crippen LogP contribution in [0, 0.1) is 0 Å². The van der Waals surface area contributed by atoms with Gasteiger partial charge in [-0.25, -0.2) is 8.42 Å². The van der Waals surface area contributed by atoms with Crippen LogP contribution in [-0.2, 0) is 16.4 Å². The fourth-order valence-electron chi connectivity index (χ4n) is 2.19. The first-order chi connectivity index (χ1) is 11.5. The summed E-state index contributed by atoms with van der Waals surface area (Å²) in [5, 5.41) is 12.3. The van der Waals surface area contributed by atoms with Crippen molar-refractivity contribution in [2.24, 2.45) is 0 Å². The number of hydrogen-bond acceptors (Lipinski definition) is 5. The third-order valence-corrected chi connectivity index (χ3v) is 5.77. The molecule has 0 aliphatic carbocycles. The maximum Gasteiger partial charge on any atom is 0.204 e. The van der Waals surface area contributed by atoms with E-state index >= 15 is 0 Å². The van der Waals surface area contributed by atoms with Crippen LogP contribution >= 0.6 is 15.9 Å². The number of aryl methyl sites for hydroxylation is 1. The van der Waals surface area contributed by atoms with E-state index in [4.69, 9.17) is 0 Å². The molecule has 0 aliphatic rings. The molecule has 0 saturated heterocycles. The van der Waals surface area contributed by atoms with E-state index < -0.39 is 9.84 Å². The highest BCUT2D eigenvalue weighted by Gasteiger charge is 2.14. The van der Waals surface area contributed by atoms with Gasteiger partial charge in [-0.15, -0.1) is 10.2 Å². The predicted octanol–water partition coefficient (Wildman–Crippen LogP) is 2.97. The molecule has 3 rings (SSSR count). The number of halogens is 1. The summed E-state index contributed by atoms with van der Waals surface area (Å²) >= 11 is 3.38. The van der Waals surface area contributed by atoms with Crippen LogP contribution < -0.4 is 0 Å². The van der Waals surface area contributed by atoms with Crippen molar-refractivity contribution in [3.05, 3.63) is 59.1 Å². The Kier molecular flexibility index (Phi) is 5.06. The van der Waals surface area contributed by atoms with E-state index in [2.05, 4.69) is 31.3 Å². The van der Waals surface area contributed by atoms with E-state index in [0.717, 1.165) is 10.0 Å². The Morgan fingerprint density at radius 2 is 1.71 bits per heavy atom. The molecular formula is C16H15BrN4O2S. The SMILES string of the molecule is O=S(=O)(CCCn1nnc(-c2ccc(Br)cc2)n1)c1ccccc1. The van der Waals surface area contributed by atoms with Crippen LogP contribution in [0.1, 0.15) is 6.42 Å². The van der Waals surface area contributed by atoms with E-state index in [1.807, 2.05) is 24.3 Å². The van der Waals surface area contributed by atoms with Gasteiger partial charge in [0.05, 0.1) is 17.2 Å². The zero-order chi connectivity index (χ0) is 17.0. The van der Waals surface area contributed by atoms with Gasteiger partial charge in [0.25, 0.3) is 0 Å². The van der Waals surface area contributed by atoms with Crippen LogP contribution in [0.4, 0.5) is 0 Å². The van der Waals surface area contributed by atoms with Crippen LogP contribution in [0.15, 0.2) is 64.0 Å². The average Bonchev–Trinajstić information content (AvgIpc) is 3.05. The number of hydrogen-bond donors (Lipinski definition) is 0. The third kappa shape index (κ3) is 4.07. The molecule has 0 unspecified atom stereocenters. The molecule has 0 aliphatic heterocycles. The molecule has 1 heterocycles. The Bertz CT molecular complexity index is 909. The van der Waals surface area contributed by atoms with Gasteiger partial charge >= 0.3 is 0 Å². The molecule has 0 radical (unpaired) electrons. The summed E-state index contributed by atoms with van der Waals surface area (Å²) in [5.74, 6) is 0.569. The smallest absolute Gasteiger partial charge is 0.204 e. The normalized spacial score (nSPS) is 11.5. The van der Waals surface area contributed by atoms with Crippen molar-refractivity contribution in [2.75, 3.05) is 5.75 Å². The minimum Gasteiger partial charge on any atom is -0.224 e. The van der Waals surface area contributed by atoms with Crippen molar-refractivity contribution in [3.8, 4) is 11.4 Å². The molecule has 0 N–H and O–H groups in total. The number of nitrogens with zero attached hydrogens (tertiary/aromatic N) is 4. The summed E-state index contributed by atoms with van der Waals surface area (Å²) in [6, 6.07) is 16.0. The molecule has 0 saturated carbocycles. The maximum atomic E-state index is 12.2. The second kappa shape index (κ2) is 7.23. The van der Waals surface area contributed by atoms with E-state index in [0.29, 0.717) is 23.7 Å². The highest BCUT2D eigenvalue weighted by atomic mass is 79.9. The topological polar surface area (TPSA) is 77.7 Å². The van der Waals surface area contributed by atoms with Gasteiger partial charge in [0, 0.05) is 10.0 Å². The predicted molar refractivity (Wildman–Crippen MR) is 94.1 cm³/mol. The second-order valence-electron chi connectivity index (χ2n) is 5.20. The lowest BCUT2D eigenvalue weighted by atomic mass is 10.2. The molecule has 124 valence electrons. The summed E-state index contributed by atoms with van der Waals surface area (Å²) in [5.41, 5.74) is 0.862. The number of benzene rings is 2. The molecular weight excluding hydrogens is 392 g/mol. The van der Waals surface area contributed by atoms with Crippen LogP contribution in [0.2, 0.25) is 0 Å². The van der Waals surface area contributed by atoms with Crippen molar-refractivity contribution in [1.29, 1.82) is 0 Å². The quantitative estimate of drug-likeness (QED) is 0.628. The first-order valence-electron chi connectivity index (χ1n) is 7.36. The summed E-state index contributed by atoms with van der Waals surface area (Å²) < 4.78 is 25.4. The van der Waals surface area contributed by atoms with Crippen molar-refractivity contribution < 1.29 is 8.42 Å². The molecule has 0 amide bonds. The van der Waals surface area contributed by atoms with Crippen LogP contribution in [-0.4, -0.2) is 34.4 Å². The maximum absolute atomic E-state index is 12.2. The average molecular weight is 407 g/mol. The van der Waals surface area contributed by atoms with Crippen LogP contribution in [0.25, 0.3) is 11.4 Å². The largest absolute Gasteiger partial charge is 0.224 e. The molecule has 0 fully saturated rings. The van der Waals surface area contributed by atoms with Gasteiger partial charge in [-0.2, -0.15) is 4.80 Å². The Balaban J connectivity index is 1.61. The lowest BCUT2D eigenvalue weighted by molar-refractivity contribution is 0.511. The van der Waals surface area contributed by atoms with Crippen molar-refractivity contribution >= 4 is 25.8 Å². The van der Waals surface area contributed by atoms with E-state index in [1.54, 1.807) is 30.3 Å². The van der Waals surface area contributed by atoms with Gasteiger partial charge in [-0.05, 0) is 48.0 Å². The summed E-state index contributed by atoms with van der Waals surface area (Å²) in [6.45, 7) is 0.398. The summed E-state index contributed by atoms with van der Waals surface area (Å²) in [6.07, 6.45) is 0.424. The van der Waals surface area contributed by atoms with Crippen molar-refractivity contribution in [3.63, 3.8) is 0 Å². The number of aromatic nitrogens is 4. The molecule has 3 aromatic rings. The monoisotopic (exact) mass is 406 g/mol. The molecule has 6 nitrogen and oxygen atoms in total. The second-order valence-corrected chi connectivity index (χ2v) is 8.23. The van der Waals surface area contributed by atoms with Crippen molar-refractivity contribution in [2.45, 2.75) is 17.9 Å². The molecule has 0 spiro atoms. The summed E-state index contributed by atoms with van der Waals surface area (Å²) in [4.78, 5) is 1.77. The number of rotatable bonds is 6. The fourth-order valence-corrected chi connectivity index (χ4v) is 3.78. The standard InChI is InChI=1S/C16H15BrN4O2S/c17-14-9-7-13(8-10-14)16-18-20-21(19-16)11-4-12-24(22,23)15-5-2-1-3-6-15/h1-3,5-10H,4,11-12H2. The molecule has 0 atom stereocenters. The van der Waals surface area contributed by atoms with E-state index in [-0.39, 0.29) is 5.75 Å². The zero-order valence-electron chi connectivity index (χ0n) is 12.7. The molecule has 0 bridgehead atoms. The van der Waals surface area contributed by atoms with Crippen LogP contribution in [0.3, 0.4) is 0 Å². The van der Waals surface area contributed by atoms with Crippen molar-refractivity contribution in [1.82, 2.24) is 20.2 Å². The van der Waals surface area contributed by atoms with E-state index in [1.165, 1.54) is 4.80 Å². The van der Waals surface area contributed by atoms with Gasteiger partial charge in [0.15, 0.2) is 9.84 Å². The van der Waals surface area contributed by atoms with Gasteiger partial charge in [-0.3, -0.25) is 0 Å². The van der Waals surface area contributed by atoms with Crippen LogP contribution in [0.5, 0.6) is 0 Å². The van der Waals surface area contributed by atoms with Gasteiger partial charge in [0.2, 0.25) is 5.82 Å². The van der Waals surface area contributed by atoms with Gasteiger partial charge < -0.3 is 0 Å². The molecule has 2 aromatic carbocycles. The highest BCUT2D eigenvalue weighted by molar-refractivity contribution is 9.10. The fraction of sp³-hybridized carbons (Fsp3) is 0.188. The number of tetrazole rings is 1. The first kappa shape index (κ1) is 16.8.